The molecule has 3 rings (SSSR count). The maximum atomic E-state index is 12.6. The Bertz CT molecular complexity index is 613. The van der Waals surface area contributed by atoms with Crippen molar-refractivity contribution in [2.45, 2.75) is 19.0 Å². The van der Waals surface area contributed by atoms with Gasteiger partial charge in [-0.25, -0.2) is 0 Å². The van der Waals surface area contributed by atoms with Crippen LogP contribution in [0.25, 0.3) is 0 Å². The third-order valence-electron chi connectivity index (χ3n) is 4.44. The number of halogens is 3. The fourth-order valence-electron chi connectivity index (χ4n) is 3.34. The Balaban J connectivity index is 1.71. The highest BCUT2D eigenvalue weighted by Crippen LogP contribution is 2.43. The van der Waals surface area contributed by atoms with E-state index in [9.17, 15) is 13.2 Å². The van der Waals surface area contributed by atoms with Crippen molar-refractivity contribution in [3.05, 3.63) is 41.5 Å². The lowest BCUT2D eigenvalue weighted by Gasteiger charge is -2.20. The smallest absolute Gasteiger partial charge is 0.384 e. The van der Waals surface area contributed by atoms with Gasteiger partial charge in [0.05, 0.1) is 16.8 Å². The summed E-state index contributed by atoms with van der Waals surface area (Å²) in [5.41, 5.74) is -0.256. The van der Waals surface area contributed by atoms with Gasteiger partial charge in [0.2, 0.25) is 0 Å². The number of hydrogen-bond acceptors (Lipinski definition) is 2. The van der Waals surface area contributed by atoms with Gasteiger partial charge in [-0.15, -0.1) is 0 Å². The zero-order valence-corrected chi connectivity index (χ0v) is 11.3. The molecule has 21 heavy (non-hydrogen) atoms. The van der Waals surface area contributed by atoms with Gasteiger partial charge in [-0.3, -0.25) is 0 Å². The van der Waals surface area contributed by atoms with E-state index in [1.807, 2.05) is 6.07 Å². The number of nitriles is 1. The largest absolute Gasteiger partial charge is 0.416 e. The summed E-state index contributed by atoms with van der Waals surface area (Å²) in [7, 11) is 0. The molecule has 0 spiro atoms. The zero-order valence-electron chi connectivity index (χ0n) is 11.3. The van der Waals surface area contributed by atoms with Crippen molar-refractivity contribution in [3.63, 3.8) is 0 Å². The molecule has 1 fully saturated rings. The first-order valence-electron chi connectivity index (χ1n) is 7.01. The maximum absolute atomic E-state index is 12.6. The Morgan fingerprint density at radius 1 is 1.24 bits per heavy atom. The molecule has 0 heterocycles. The first-order chi connectivity index (χ1) is 9.97. The first-order valence-corrected chi connectivity index (χ1v) is 7.01. The summed E-state index contributed by atoms with van der Waals surface area (Å²) in [6, 6.07) is 5.12. The molecule has 110 valence electrons. The van der Waals surface area contributed by atoms with Gasteiger partial charge in [-0.1, -0.05) is 12.2 Å². The maximum Gasteiger partial charge on any atom is 0.416 e. The third-order valence-corrected chi connectivity index (χ3v) is 4.44. The standard InChI is InChI=1S/C16H15F3N2/c17-16(18,19)14-3-4-15(12(7-14)8-20)21-9-13-6-10-1-2-11(13)5-10/h1-4,7,10-11,13,21H,5-6,9H2. The molecular weight excluding hydrogens is 277 g/mol. The highest BCUT2D eigenvalue weighted by atomic mass is 19.4. The van der Waals surface area contributed by atoms with Crippen LogP contribution in [0.2, 0.25) is 0 Å². The number of hydrogen-bond donors (Lipinski definition) is 1. The minimum absolute atomic E-state index is 0.0449. The lowest BCUT2D eigenvalue weighted by atomic mass is 9.93. The molecule has 2 aliphatic rings. The second kappa shape index (κ2) is 5.10. The molecule has 1 saturated carbocycles. The lowest BCUT2D eigenvalue weighted by molar-refractivity contribution is -0.137. The molecule has 1 aromatic carbocycles. The molecule has 0 amide bonds. The molecule has 2 nitrogen and oxygen atoms in total. The van der Waals surface area contributed by atoms with E-state index in [1.54, 1.807) is 0 Å². The van der Waals surface area contributed by atoms with Gasteiger partial charge in [0.1, 0.15) is 6.07 Å². The number of allylic oxidation sites excluding steroid dienone is 2. The number of anilines is 1. The van der Waals surface area contributed by atoms with Crippen molar-refractivity contribution in [1.82, 2.24) is 0 Å². The Labute approximate surface area is 121 Å². The van der Waals surface area contributed by atoms with E-state index in [-0.39, 0.29) is 5.56 Å². The summed E-state index contributed by atoms with van der Waals surface area (Å²) in [5, 5.41) is 12.2. The van der Waals surface area contributed by atoms with Crippen LogP contribution in [0.3, 0.4) is 0 Å². The van der Waals surface area contributed by atoms with E-state index in [0.29, 0.717) is 30.0 Å². The van der Waals surface area contributed by atoms with Crippen LogP contribution < -0.4 is 5.32 Å². The molecule has 3 atom stereocenters. The molecule has 5 heteroatoms. The molecule has 0 saturated heterocycles. The van der Waals surface area contributed by atoms with Crippen LogP contribution in [0.15, 0.2) is 30.4 Å². The number of nitrogens with one attached hydrogen (secondary N) is 1. The van der Waals surface area contributed by atoms with E-state index in [0.717, 1.165) is 18.6 Å². The van der Waals surface area contributed by atoms with Gasteiger partial charge in [0.25, 0.3) is 0 Å². The average Bonchev–Trinajstić information content (AvgIpc) is 3.06. The van der Waals surface area contributed by atoms with E-state index >= 15 is 0 Å². The van der Waals surface area contributed by atoms with Crippen LogP contribution in [0.5, 0.6) is 0 Å². The van der Waals surface area contributed by atoms with Crippen molar-refractivity contribution in [2.75, 3.05) is 11.9 Å². The highest BCUT2D eigenvalue weighted by Gasteiger charge is 2.35. The van der Waals surface area contributed by atoms with Crippen molar-refractivity contribution in [1.29, 1.82) is 5.26 Å². The number of rotatable bonds is 3. The fraction of sp³-hybridized carbons (Fsp3) is 0.438. The zero-order chi connectivity index (χ0) is 15.0. The Morgan fingerprint density at radius 2 is 2.05 bits per heavy atom. The lowest BCUT2D eigenvalue weighted by Crippen LogP contribution is -2.19. The number of nitrogens with zero attached hydrogens (tertiary/aromatic N) is 1. The molecule has 2 bridgehead atoms. The summed E-state index contributed by atoms with van der Waals surface area (Å²) in [5.74, 6) is 1.74. The number of fused-ring (bicyclic) bond motifs is 2. The van der Waals surface area contributed by atoms with Crippen molar-refractivity contribution >= 4 is 5.69 Å². The second-order valence-corrected chi connectivity index (χ2v) is 5.79. The SMILES string of the molecule is N#Cc1cc(C(F)(F)F)ccc1NCC1CC2C=CC1C2. The fourth-order valence-corrected chi connectivity index (χ4v) is 3.34. The summed E-state index contributed by atoms with van der Waals surface area (Å²) < 4.78 is 37.9. The topological polar surface area (TPSA) is 35.8 Å². The van der Waals surface area contributed by atoms with Crippen LogP contribution in [-0.2, 0) is 6.18 Å². The van der Waals surface area contributed by atoms with Gasteiger partial charge in [-0.05, 0) is 48.8 Å². The summed E-state index contributed by atoms with van der Waals surface area (Å²) in [4.78, 5) is 0. The number of benzene rings is 1. The molecule has 1 N–H and O–H groups in total. The molecule has 1 aromatic rings. The minimum Gasteiger partial charge on any atom is -0.384 e. The monoisotopic (exact) mass is 292 g/mol. The summed E-state index contributed by atoms with van der Waals surface area (Å²) in [6.07, 6.45) is 2.37. The predicted molar refractivity (Wildman–Crippen MR) is 73.5 cm³/mol. The quantitative estimate of drug-likeness (QED) is 0.847. The van der Waals surface area contributed by atoms with Crippen molar-refractivity contribution in [3.8, 4) is 6.07 Å². The van der Waals surface area contributed by atoms with Crippen molar-refractivity contribution in [2.24, 2.45) is 17.8 Å². The minimum atomic E-state index is -4.42. The first kappa shape index (κ1) is 14.0. The van der Waals surface area contributed by atoms with Crippen LogP contribution in [0.1, 0.15) is 24.0 Å². The van der Waals surface area contributed by atoms with E-state index in [2.05, 4.69) is 17.5 Å². The van der Waals surface area contributed by atoms with E-state index < -0.39 is 11.7 Å². The number of alkyl halides is 3. The summed E-state index contributed by atoms with van der Waals surface area (Å²) >= 11 is 0. The van der Waals surface area contributed by atoms with Gasteiger partial charge in [0.15, 0.2) is 0 Å². The van der Waals surface area contributed by atoms with Gasteiger partial charge in [-0.2, -0.15) is 18.4 Å². The molecule has 0 aliphatic heterocycles. The van der Waals surface area contributed by atoms with Crippen LogP contribution >= 0.6 is 0 Å². The molecular formula is C16H15F3N2. The van der Waals surface area contributed by atoms with Gasteiger partial charge >= 0.3 is 6.18 Å². The Morgan fingerprint density at radius 3 is 2.62 bits per heavy atom. The van der Waals surface area contributed by atoms with Crippen LogP contribution in [0, 0.1) is 29.1 Å². The third kappa shape index (κ3) is 2.76. The normalized spacial score (nSPS) is 26.9. The van der Waals surface area contributed by atoms with Gasteiger partial charge < -0.3 is 5.32 Å². The molecule has 2 aliphatic carbocycles. The molecule has 0 aromatic heterocycles. The molecule has 0 radical (unpaired) electrons. The summed E-state index contributed by atoms with van der Waals surface area (Å²) in [6.45, 7) is 0.700. The highest BCUT2D eigenvalue weighted by molar-refractivity contribution is 5.59. The second-order valence-electron chi connectivity index (χ2n) is 5.79. The molecule has 3 unspecified atom stereocenters. The van der Waals surface area contributed by atoms with E-state index in [1.165, 1.54) is 12.5 Å². The average molecular weight is 292 g/mol. The predicted octanol–water partition coefficient (Wildman–Crippen LogP) is 4.20. The van der Waals surface area contributed by atoms with Crippen molar-refractivity contribution < 1.29 is 13.2 Å². The van der Waals surface area contributed by atoms with Gasteiger partial charge in [0, 0.05) is 6.54 Å². The van der Waals surface area contributed by atoms with Crippen LogP contribution in [0.4, 0.5) is 18.9 Å². The van der Waals surface area contributed by atoms with Crippen LogP contribution in [-0.4, -0.2) is 6.54 Å². The van der Waals surface area contributed by atoms with E-state index in [4.69, 9.17) is 5.26 Å². The Kier molecular flexibility index (Phi) is 3.40. The Hall–Kier alpha value is -1.96.